The molecule has 2 aromatic carbocycles. The number of hydrogen-bond donors (Lipinski definition) is 1. The Labute approximate surface area is 224 Å². The van der Waals surface area contributed by atoms with E-state index in [2.05, 4.69) is 5.32 Å². The van der Waals surface area contributed by atoms with Crippen LogP contribution in [0.2, 0.25) is 0 Å². The fourth-order valence-electron chi connectivity index (χ4n) is 6.05. The molecular weight excluding hydrogens is 517 g/mol. The Hall–Kier alpha value is -3.01. The lowest BCUT2D eigenvalue weighted by atomic mass is 9.77. The van der Waals surface area contributed by atoms with Gasteiger partial charge in [0.1, 0.15) is 0 Å². The summed E-state index contributed by atoms with van der Waals surface area (Å²) < 4.78 is 69.3. The third-order valence-electron chi connectivity index (χ3n) is 8.41. The van der Waals surface area contributed by atoms with Crippen molar-refractivity contribution in [2.45, 2.75) is 58.1 Å². The number of hydrogen-bond acceptors (Lipinski definition) is 3. The van der Waals surface area contributed by atoms with Crippen molar-refractivity contribution in [1.82, 2.24) is 4.90 Å². The van der Waals surface area contributed by atoms with Crippen LogP contribution < -0.4 is 10.2 Å². The number of alkyl halides is 5. The molecule has 2 atom stereocenters. The second kappa shape index (κ2) is 9.57. The third-order valence-corrected chi connectivity index (χ3v) is 8.41. The highest BCUT2D eigenvalue weighted by atomic mass is 19.4. The Kier molecular flexibility index (Phi) is 6.76. The largest absolute Gasteiger partial charge is 0.416 e. The predicted molar refractivity (Wildman–Crippen MR) is 138 cm³/mol. The first-order chi connectivity index (χ1) is 18.2. The number of halogens is 5. The second-order valence-corrected chi connectivity index (χ2v) is 11.4. The fourth-order valence-corrected chi connectivity index (χ4v) is 6.05. The standard InChI is InChI=1S/C29H32F5N3O2/c1-17-5-4-6-18(2)24(17)37-15-27(19(3)25(37)38,14-36-10-9-28(30,31)16-36)26(39)35-23-12-21(20-7-8-20)11-22(13-23)29(32,33)34/h4-6,11-13,19-20H,7-10,14-16H2,1-3H3,(H,35,39)/t19-,27-/m1/s1. The zero-order valence-corrected chi connectivity index (χ0v) is 22.2. The molecule has 39 heavy (non-hydrogen) atoms. The lowest BCUT2D eigenvalue weighted by molar-refractivity contribution is -0.137. The molecule has 2 amide bonds. The molecule has 3 fully saturated rings. The van der Waals surface area contributed by atoms with Gasteiger partial charge in [0, 0.05) is 37.4 Å². The molecule has 2 aliphatic heterocycles. The number of rotatable bonds is 6. The van der Waals surface area contributed by atoms with E-state index in [-0.39, 0.29) is 43.6 Å². The number of aryl methyl sites for hydroxylation is 2. The van der Waals surface area contributed by atoms with Crippen molar-refractivity contribution < 1.29 is 31.5 Å². The summed E-state index contributed by atoms with van der Waals surface area (Å²) in [5.74, 6) is -4.75. The van der Waals surface area contributed by atoms with Gasteiger partial charge in [-0.3, -0.25) is 14.5 Å². The van der Waals surface area contributed by atoms with Gasteiger partial charge in [0.15, 0.2) is 0 Å². The summed E-state index contributed by atoms with van der Waals surface area (Å²) in [4.78, 5) is 30.7. The highest BCUT2D eigenvalue weighted by Gasteiger charge is 2.57. The average molecular weight is 550 g/mol. The van der Waals surface area contributed by atoms with Gasteiger partial charge in [0.25, 0.3) is 5.92 Å². The minimum Gasteiger partial charge on any atom is -0.325 e. The van der Waals surface area contributed by atoms with Crippen LogP contribution in [0, 0.1) is 25.2 Å². The van der Waals surface area contributed by atoms with Gasteiger partial charge in [-0.05, 0) is 67.5 Å². The maximum atomic E-state index is 14.1. The number of likely N-dealkylation sites (tertiary alicyclic amines) is 1. The smallest absolute Gasteiger partial charge is 0.325 e. The Morgan fingerprint density at radius 3 is 2.31 bits per heavy atom. The van der Waals surface area contributed by atoms with Crippen molar-refractivity contribution in [2.75, 3.05) is 36.4 Å². The second-order valence-electron chi connectivity index (χ2n) is 11.4. The van der Waals surface area contributed by atoms with Crippen LogP contribution in [0.15, 0.2) is 36.4 Å². The predicted octanol–water partition coefficient (Wildman–Crippen LogP) is 6.15. The van der Waals surface area contributed by atoms with Gasteiger partial charge in [-0.25, -0.2) is 8.78 Å². The van der Waals surface area contributed by atoms with Gasteiger partial charge < -0.3 is 10.2 Å². The summed E-state index contributed by atoms with van der Waals surface area (Å²) in [6.45, 7) is 4.64. The molecule has 1 N–H and O–H groups in total. The SMILES string of the molecule is Cc1cccc(C)c1N1C[C@@](CN2CCC(F)(F)C2)(C(=O)Nc2cc(C3CC3)cc(C(F)(F)F)c2)[C@H](C)C1=O. The third kappa shape index (κ3) is 5.27. The van der Waals surface area contributed by atoms with Crippen molar-refractivity contribution in [3.8, 4) is 0 Å². The summed E-state index contributed by atoms with van der Waals surface area (Å²) in [6, 6.07) is 9.11. The Balaban J connectivity index is 1.53. The first kappa shape index (κ1) is 27.6. The van der Waals surface area contributed by atoms with Gasteiger partial charge >= 0.3 is 6.18 Å². The van der Waals surface area contributed by atoms with E-state index in [1.54, 1.807) is 13.0 Å². The summed E-state index contributed by atoms with van der Waals surface area (Å²) in [7, 11) is 0. The van der Waals surface area contributed by atoms with Crippen LogP contribution in [0.1, 0.15) is 54.4 Å². The fraction of sp³-hybridized carbons (Fsp3) is 0.517. The molecule has 0 bridgehead atoms. The quantitative estimate of drug-likeness (QED) is 0.440. The average Bonchev–Trinajstić information content (AvgIpc) is 3.60. The Morgan fingerprint density at radius 1 is 1.08 bits per heavy atom. The summed E-state index contributed by atoms with van der Waals surface area (Å²) in [6.07, 6.45) is -3.40. The monoisotopic (exact) mass is 549 g/mol. The lowest BCUT2D eigenvalue weighted by Gasteiger charge is -2.34. The number of carbonyl (C=O) groups excluding carboxylic acids is 2. The van der Waals surface area contributed by atoms with Crippen molar-refractivity contribution in [1.29, 1.82) is 0 Å². The molecule has 0 radical (unpaired) electrons. The molecule has 10 heteroatoms. The molecule has 5 nitrogen and oxygen atoms in total. The van der Waals surface area contributed by atoms with E-state index >= 15 is 0 Å². The zero-order chi connectivity index (χ0) is 28.3. The van der Waals surface area contributed by atoms with E-state index in [4.69, 9.17) is 0 Å². The van der Waals surface area contributed by atoms with Crippen LogP contribution in [0.5, 0.6) is 0 Å². The molecule has 2 aromatic rings. The van der Waals surface area contributed by atoms with E-state index in [1.165, 1.54) is 9.80 Å². The van der Waals surface area contributed by atoms with Crippen LogP contribution >= 0.6 is 0 Å². The van der Waals surface area contributed by atoms with Crippen LogP contribution in [-0.4, -0.2) is 48.8 Å². The Bertz CT molecular complexity index is 1290. The molecule has 0 aromatic heterocycles. The molecule has 210 valence electrons. The Morgan fingerprint density at radius 2 is 1.74 bits per heavy atom. The molecule has 0 spiro atoms. The van der Waals surface area contributed by atoms with E-state index in [0.717, 1.165) is 36.1 Å². The van der Waals surface area contributed by atoms with Gasteiger partial charge in [-0.1, -0.05) is 25.1 Å². The number of nitrogens with zero attached hydrogens (tertiary/aromatic N) is 2. The summed E-state index contributed by atoms with van der Waals surface area (Å²) in [5.41, 5.74) is 0.487. The van der Waals surface area contributed by atoms with Crippen molar-refractivity contribution in [3.63, 3.8) is 0 Å². The van der Waals surface area contributed by atoms with E-state index in [0.29, 0.717) is 11.3 Å². The van der Waals surface area contributed by atoms with E-state index in [1.807, 2.05) is 32.0 Å². The number of carbonyl (C=O) groups is 2. The molecular formula is C29H32F5N3O2. The maximum absolute atomic E-state index is 14.1. The van der Waals surface area contributed by atoms with Crippen molar-refractivity contribution in [2.24, 2.45) is 11.3 Å². The maximum Gasteiger partial charge on any atom is 0.416 e. The summed E-state index contributed by atoms with van der Waals surface area (Å²) in [5, 5.41) is 2.68. The lowest BCUT2D eigenvalue weighted by Crippen LogP contribution is -2.50. The van der Waals surface area contributed by atoms with E-state index in [9.17, 15) is 31.5 Å². The highest BCUT2D eigenvalue weighted by molar-refractivity contribution is 6.08. The van der Waals surface area contributed by atoms with Crippen LogP contribution in [-0.2, 0) is 15.8 Å². The molecule has 1 saturated carbocycles. The number of nitrogens with one attached hydrogen (secondary N) is 1. The van der Waals surface area contributed by atoms with Gasteiger partial charge in [0.2, 0.25) is 11.8 Å². The molecule has 0 unspecified atom stereocenters. The van der Waals surface area contributed by atoms with E-state index < -0.39 is 41.4 Å². The minimum atomic E-state index is -4.60. The highest BCUT2D eigenvalue weighted by Crippen LogP contribution is 2.46. The molecule has 1 aliphatic carbocycles. The van der Waals surface area contributed by atoms with Gasteiger partial charge in [0.05, 0.1) is 23.4 Å². The zero-order valence-electron chi connectivity index (χ0n) is 22.2. The first-order valence-corrected chi connectivity index (χ1v) is 13.2. The first-order valence-electron chi connectivity index (χ1n) is 13.2. The molecule has 2 heterocycles. The van der Waals surface area contributed by atoms with Crippen molar-refractivity contribution >= 4 is 23.2 Å². The van der Waals surface area contributed by atoms with Gasteiger partial charge in [-0.15, -0.1) is 0 Å². The topological polar surface area (TPSA) is 52.6 Å². The van der Waals surface area contributed by atoms with Crippen LogP contribution in [0.3, 0.4) is 0 Å². The molecule has 3 aliphatic rings. The number of anilines is 2. The normalized spacial score (nSPS) is 25.4. The van der Waals surface area contributed by atoms with Crippen LogP contribution in [0.25, 0.3) is 0 Å². The number of amides is 2. The number of para-hydroxylation sites is 1. The van der Waals surface area contributed by atoms with Crippen LogP contribution in [0.4, 0.5) is 33.3 Å². The molecule has 2 saturated heterocycles. The molecule has 5 rings (SSSR count). The summed E-state index contributed by atoms with van der Waals surface area (Å²) >= 11 is 0. The van der Waals surface area contributed by atoms with Crippen molar-refractivity contribution in [3.05, 3.63) is 58.7 Å². The number of benzene rings is 2. The minimum absolute atomic E-state index is 0.00646. The van der Waals surface area contributed by atoms with Gasteiger partial charge in [-0.2, -0.15) is 13.2 Å².